The van der Waals surface area contributed by atoms with Crippen LogP contribution in [0.3, 0.4) is 0 Å². The van der Waals surface area contributed by atoms with Crippen LogP contribution in [0.15, 0.2) is 35.0 Å². The molecule has 0 aliphatic rings. The number of nitrogens with two attached hydrogens (primary N) is 1. The van der Waals surface area contributed by atoms with Crippen LogP contribution in [0, 0.1) is 0 Å². The van der Waals surface area contributed by atoms with Crippen LogP contribution >= 0.6 is 11.3 Å². The van der Waals surface area contributed by atoms with Crippen LogP contribution in [0.1, 0.15) is 24.1 Å². The first-order chi connectivity index (χ1) is 8.88. The third-order valence-corrected chi connectivity index (χ3v) is 3.47. The highest BCUT2D eigenvalue weighted by Gasteiger charge is 2.34. The van der Waals surface area contributed by atoms with Crippen molar-refractivity contribution in [2.75, 3.05) is 11.1 Å². The molecule has 1 unspecified atom stereocenters. The minimum atomic E-state index is -4.42. The maximum atomic E-state index is 12.9. The molecule has 0 fully saturated rings. The summed E-state index contributed by atoms with van der Waals surface area (Å²) in [7, 11) is 0. The summed E-state index contributed by atoms with van der Waals surface area (Å²) in [6.45, 7) is 1.82. The quantitative estimate of drug-likeness (QED) is 0.814. The molecule has 102 valence electrons. The van der Waals surface area contributed by atoms with Crippen molar-refractivity contribution in [3.63, 3.8) is 0 Å². The second-order valence-corrected chi connectivity index (χ2v) is 5.01. The van der Waals surface area contributed by atoms with Crippen molar-refractivity contribution in [1.82, 2.24) is 0 Å². The van der Waals surface area contributed by atoms with Crippen LogP contribution in [0.2, 0.25) is 0 Å². The minimum Gasteiger partial charge on any atom is -0.399 e. The van der Waals surface area contributed by atoms with Gasteiger partial charge in [0.25, 0.3) is 0 Å². The Morgan fingerprint density at radius 2 is 2.00 bits per heavy atom. The van der Waals surface area contributed by atoms with Crippen molar-refractivity contribution in [3.05, 3.63) is 46.2 Å². The number of hydrogen-bond acceptors (Lipinski definition) is 3. The Morgan fingerprint density at radius 3 is 2.58 bits per heavy atom. The molecule has 2 aromatic rings. The number of nitrogen functional groups attached to an aromatic ring is 1. The summed E-state index contributed by atoms with van der Waals surface area (Å²) in [6, 6.07) is 5.45. The van der Waals surface area contributed by atoms with Crippen LogP contribution in [0.5, 0.6) is 0 Å². The molecule has 1 atom stereocenters. The highest BCUT2D eigenvalue weighted by Crippen LogP contribution is 2.37. The van der Waals surface area contributed by atoms with Crippen LogP contribution in [0.25, 0.3) is 0 Å². The van der Waals surface area contributed by atoms with E-state index < -0.39 is 11.7 Å². The molecule has 0 spiro atoms. The molecule has 3 N–H and O–H groups in total. The van der Waals surface area contributed by atoms with E-state index in [1.807, 2.05) is 23.8 Å². The molecule has 0 radical (unpaired) electrons. The van der Waals surface area contributed by atoms with Gasteiger partial charge in [-0.05, 0) is 47.5 Å². The number of nitrogens with one attached hydrogen (secondary N) is 1. The molecule has 0 aliphatic carbocycles. The zero-order valence-corrected chi connectivity index (χ0v) is 11.0. The molecule has 0 aliphatic heterocycles. The third-order valence-electron chi connectivity index (χ3n) is 2.76. The van der Waals surface area contributed by atoms with Crippen molar-refractivity contribution in [2.45, 2.75) is 19.1 Å². The number of halogens is 3. The highest BCUT2D eigenvalue weighted by molar-refractivity contribution is 7.07. The number of thiophene rings is 1. The van der Waals surface area contributed by atoms with E-state index in [1.54, 1.807) is 0 Å². The van der Waals surface area contributed by atoms with E-state index in [-0.39, 0.29) is 17.4 Å². The summed E-state index contributed by atoms with van der Waals surface area (Å²) in [5.41, 5.74) is 5.78. The third kappa shape index (κ3) is 3.20. The molecule has 1 heterocycles. The Kier molecular flexibility index (Phi) is 3.71. The fourth-order valence-electron chi connectivity index (χ4n) is 1.76. The predicted octanol–water partition coefficient (Wildman–Crippen LogP) is 4.52. The van der Waals surface area contributed by atoms with Crippen LogP contribution in [-0.4, -0.2) is 0 Å². The van der Waals surface area contributed by atoms with Crippen LogP contribution < -0.4 is 11.1 Å². The number of hydrogen-bond donors (Lipinski definition) is 2. The molecule has 0 saturated heterocycles. The van der Waals surface area contributed by atoms with Gasteiger partial charge in [0.1, 0.15) is 0 Å². The van der Waals surface area contributed by atoms with Gasteiger partial charge in [-0.15, -0.1) is 0 Å². The fraction of sp³-hybridized carbons (Fsp3) is 0.231. The van der Waals surface area contributed by atoms with Gasteiger partial charge >= 0.3 is 6.18 Å². The average molecular weight is 286 g/mol. The molecular weight excluding hydrogens is 273 g/mol. The van der Waals surface area contributed by atoms with Crippen LogP contribution in [0.4, 0.5) is 24.5 Å². The van der Waals surface area contributed by atoms with Gasteiger partial charge in [-0.1, -0.05) is 0 Å². The zero-order valence-electron chi connectivity index (χ0n) is 10.2. The molecule has 0 amide bonds. The van der Waals surface area contributed by atoms with E-state index in [4.69, 9.17) is 5.73 Å². The molecule has 1 aromatic heterocycles. The first kappa shape index (κ1) is 13.7. The zero-order chi connectivity index (χ0) is 14.0. The van der Waals surface area contributed by atoms with Gasteiger partial charge in [-0.25, -0.2) is 0 Å². The maximum Gasteiger partial charge on any atom is 0.418 e. The molecule has 2 rings (SSSR count). The minimum absolute atomic E-state index is 0.0420. The van der Waals surface area contributed by atoms with E-state index in [0.717, 1.165) is 11.6 Å². The van der Waals surface area contributed by atoms with Crippen molar-refractivity contribution in [3.8, 4) is 0 Å². The summed E-state index contributed by atoms with van der Waals surface area (Å²) >= 11 is 1.51. The predicted molar refractivity (Wildman–Crippen MR) is 72.2 cm³/mol. The van der Waals surface area contributed by atoms with Gasteiger partial charge in [0.05, 0.1) is 5.56 Å². The molecule has 2 nitrogen and oxygen atoms in total. The number of benzene rings is 1. The first-order valence-corrected chi connectivity index (χ1v) is 6.57. The van der Waals surface area contributed by atoms with E-state index in [2.05, 4.69) is 5.32 Å². The summed E-state index contributed by atoms with van der Waals surface area (Å²) in [4.78, 5) is 0. The number of alkyl halides is 3. The lowest BCUT2D eigenvalue weighted by Crippen LogP contribution is -2.13. The van der Waals surface area contributed by atoms with Gasteiger partial charge in [-0.2, -0.15) is 24.5 Å². The first-order valence-electron chi connectivity index (χ1n) is 5.63. The monoisotopic (exact) mass is 286 g/mol. The number of anilines is 2. The Bertz CT molecular complexity index is 550. The molecule has 0 bridgehead atoms. The Balaban J connectivity index is 2.30. The summed E-state index contributed by atoms with van der Waals surface area (Å²) in [5, 5.41) is 6.67. The largest absolute Gasteiger partial charge is 0.418 e. The second-order valence-electron chi connectivity index (χ2n) is 4.23. The standard InChI is InChI=1S/C13H13F3N2S/c1-8(9-4-5-19-7-9)18-12-3-2-10(17)6-11(12)13(14,15)16/h2-8,18H,17H2,1H3. The molecule has 19 heavy (non-hydrogen) atoms. The Hall–Kier alpha value is -1.69. The summed E-state index contributed by atoms with van der Waals surface area (Å²) < 4.78 is 38.8. The van der Waals surface area contributed by atoms with Gasteiger partial charge in [0.2, 0.25) is 0 Å². The second kappa shape index (κ2) is 5.13. The Morgan fingerprint density at radius 1 is 1.26 bits per heavy atom. The molecule has 1 aromatic carbocycles. The van der Waals surface area contributed by atoms with E-state index in [1.165, 1.54) is 23.5 Å². The van der Waals surface area contributed by atoms with Gasteiger partial charge in [0, 0.05) is 17.4 Å². The lowest BCUT2D eigenvalue weighted by Gasteiger charge is -2.19. The van der Waals surface area contributed by atoms with Crippen molar-refractivity contribution in [1.29, 1.82) is 0 Å². The molecule has 0 saturated carbocycles. The van der Waals surface area contributed by atoms with Gasteiger partial charge in [-0.3, -0.25) is 0 Å². The maximum absolute atomic E-state index is 12.9. The lowest BCUT2D eigenvalue weighted by atomic mass is 10.1. The van der Waals surface area contributed by atoms with E-state index >= 15 is 0 Å². The Labute approximate surface area is 113 Å². The van der Waals surface area contributed by atoms with Crippen LogP contribution in [-0.2, 0) is 6.18 Å². The van der Waals surface area contributed by atoms with Crippen molar-refractivity contribution < 1.29 is 13.2 Å². The normalized spacial score (nSPS) is 13.3. The topological polar surface area (TPSA) is 38.0 Å². The average Bonchev–Trinajstić information content (AvgIpc) is 2.83. The summed E-state index contributed by atoms with van der Waals surface area (Å²) in [5.74, 6) is 0. The fourth-order valence-corrected chi connectivity index (χ4v) is 2.51. The number of rotatable bonds is 3. The highest BCUT2D eigenvalue weighted by atomic mass is 32.1. The van der Waals surface area contributed by atoms with Gasteiger partial charge < -0.3 is 11.1 Å². The SMILES string of the molecule is CC(Nc1ccc(N)cc1C(F)(F)F)c1ccsc1. The lowest BCUT2D eigenvalue weighted by molar-refractivity contribution is -0.136. The van der Waals surface area contributed by atoms with Crippen molar-refractivity contribution in [2.24, 2.45) is 0 Å². The van der Waals surface area contributed by atoms with E-state index in [9.17, 15) is 13.2 Å². The van der Waals surface area contributed by atoms with Crippen molar-refractivity contribution >= 4 is 22.7 Å². The smallest absolute Gasteiger partial charge is 0.399 e. The molecule has 6 heteroatoms. The summed E-state index contributed by atoms with van der Waals surface area (Å²) in [6.07, 6.45) is -4.42. The molecular formula is C13H13F3N2S. The van der Waals surface area contributed by atoms with E-state index in [0.29, 0.717) is 0 Å². The van der Waals surface area contributed by atoms with Gasteiger partial charge in [0.15, 0.2) is 0 Å².